The van der Waals surface area contributed by atoms with Gasteiger partial charge in [-0.1, -0.05) is 6.42 Å². The molecule has 2 unspecified atom stereocenters. The molecule has 2 atom stereocenters. The van der Waals surface area contributed by atoms with E-state index in [4.69, 9.17) is 4.42 Å². The summed E-state index contributed by atoms with van der Waals surface area (Å²) < 4.78 is 5.77. The molecule has 0 radical (unpaired) electrons. The van der Waals surface area contributed by atoms with Gasteiger partial charge in [-0.05, 0) is 50.9 Å². The van der Waals surface area contributed by atoms with Gasteiger partial charge in [0.25, 0.3) is 0 Å². The van der Waals surface area contributed by atoms with Crippen molar-refractivity contribution in [2.75, 3.05) is 46.3 Å². The van der Waals surface area contributed by atoms with Crippen LogP contribution in [0.3, 0.4) is 0 Å². The summed E-state index contributed by atoms with van der Waals surface area (Å²) >= 11 is 0. The molecular formula is C21H34IN5O2. The predicted molar refractivity (Wildman–Crippen MR) is 125 cm³/mol. The molecule has 162 valence electrons. The molecule has 3 aliphatic heterocycles. The molecule has 1 aromatic heterocycles. The number of halogens is 1. The van der Waals surface area contributed by atoms with Crippen molar-refractivity contribution in [3.8, 4) is 0 Å². The molecule has 0 bridgehead atoms. The number of guanidine groups is 1. The quantitative estimate of drug-likeness (QED) is 0.367. The van der Waals surface area contributed by atoms with E-state index in [2.05, 4.69) is 31.5 Å². The molecule has 8 heteroatoms. The molecule has 3 fully saturated rings. The van der Waals surface area contributed by atoms with Crippen molar-refractivity contribution >= 4 is 35.8 Å². The Morgan fingerprint density at radius 2 is 2.14 bits per heavy atom. The van der Waals surface area contributed by atoms with Crippen LogP contribution in [0.5, 0.6) is 0 Å². The number of nitrogens with zero attached hydrogens (tertiary/aromatic N) is 3. The van der Waals surface area contributed by atoms with Crippen LogP contribution in [0.15, 0.2) is 27.8 Å². The fraction of sp³-hybridized carbons (Fsp3) is 0.714. The van der Waals surface area contributed by atoms with Crippen LogP contribution >= 0.6 is 24.0 Å². The summed E-state index contributed by atoms with van der Waals surface area (Å²) in [6.45, 7) is 5.69. The third kappa shape index (κ3) is 5.25. The maximum atomic E-state index is 11.8. The number of likely N-dealkylation sites (tertiary alicyclic amines) is 2. The minimum Gasteiger partial charge on any atom is -0.468 e. The highest BCUT2D eigenvalue weighted by atomic mass is 127. The molecule has 0 aliphatic carbocycles. The van der Waals surface area contributed by atoms with Crippen molar-refractivity contribution in [1.29, 1.82) is 0 Å². The number of piperidine rings is 2. The molecule has 2 N–H and O–H groups in total. The molecule has 1 amide bonds. The summed E-state index contributed by atoms with van der Waals surface area (Å²) in [5.74, 6) is 2.14. The van der Waals surface area contributed by atoms with Crippen LogP contribution in [-0.2, 0) is 4.79 Å². The van der Waals surface area contributed by atoms with Gasteiger partial charge < -0.3 is 20.0 Å². The molecule has 0 aromatic carbocycles. The summed E-state index contributed by atoms with van der Waals surface area (Å²) in [4.78, 5) is 21.2. The Kier molecular flexibility index (Phi) is 7.84. The third-order valence-electron chi connectivity index (χ3n) is 6.53. The van der Waals surface area contributed by atoms with Crippen molar-refractivity contribution in [1.82, 2.24) is 20.4 Å². The average molecular weight is 515 g/mol. The van der Waals surface area contributed by atoms with E-state index in [0.717, 1.165) is 63.8 Å². The van der Waals surface area contributed by atoms with Crippen LogP contribution in [0.2, 0.25) is 0 Å². The lowest BCUT2D eigenvalue weighted by Crippen LogP contribution is -2.52. The normalized spacial score (nSPS) is 26.9. The Bertz CT molecular complexity index is 689. The highest BCUT2D eigenvalue weighted by Crippen LogP contribution is 2.36. The number of aliphatic imine (C=N–C) groups is 1. The molecule has 3 saturated heterocycles. The van der Waals surface area contributed by atoms with E-state index in [1.165, 1.54) is 19.3 Å². The number of carbonyl (C=O) groups is 1. The molecule has 3 aliphatic rings. The fourth-order valence-electron chi connectivity index (χ4n) is 5.07. The summed E-state index contributed by atoms with van der Waals surface area (Å²) in [7, 11) is 1.85. The van der Waals surface area contributed by atoms with Crippen molar-refractivity contribution < 1.29 is 9.21 Å². The van der Waals surface area contributed by atoms with Crippen molar-refractivity contribution in [2.24, 2.45) is 10.4 Å². The van der Waals surface area contributed by atoms with E-state index < -0.39 is 0 Å². The van der Waals surface area contributed by atoms with Crippen molar-refractivity contribution in [3.63, 3.8) is 0 Å². The number of nitrogens with one attached hydrogen (secondary N) is 2. The Balaban J connectivity index is 0.00000240. The molecular weight excluding hydrogens is 481 g/mol. The predicted octanol–water partition coefficient (Wildman–Crippen LogP) is 2.60. The lowest BCUT2D eigenvalue weighted by molar-refractivity contribution is -0.119. The molecule has 7 nitrogen and oxygen atoms in total. The van der Waals surface area contributed by atoms with Gasteiger partial charge in [0.1, 0.15) is 5.76 Å². The number of amides is 1. The van der Waals surface area contributed by atoms with Crippen molar-refractivity contribution in [2.45, 2.75) is 44.6 Å². The topological polar surface area (TPSA) is 73.1 Å². The van der Waals surface area contributed by atoms with Crippen LogP contribution in [0.25, 0.3) is 0 Å². The zero-order valence-corrected chi connectivity index (χ0v) is 19.7. The van der Waals surface area contributed by atoms with Crippen LogP contribution in [-0.4, -0.2) is 68.0 Å². The van der Waals surface area contributed by atoms with E-state index in [-0.39, 0.29) is 41.3 Å². The maximum absolute atomic E-state index is 11.8. The summed E-state index contributed by atoms with van der Waals surface area (Å²) in [6.07, 6.45) is 8.44. The summed E-state index contributed by atoms with van der Waals surface area (Å²) in [6, 6.07) is 4.27. The van der Waals surface area contributed by atoms with Gasteiger partial charge in [0.15, 0.2) is 5.96 Å². The molecule has 1 aromatic rings. The minimum absolute atomic E-state index is 0. The van der Waals surface area contributed by atoms with Gasteiger partial charge in [0.2, 0.25) is 5.91 Å². The first-order valence-electron chi connectivity index (χ1n) is 10.7. The summed E-state index contributed by atoms with van der Waals surface area (Å²) in [5.41, 5.74) is 0.0697. The second-order valence-corrected chi connectivity index (χ2v) is 8.53. The number of carbonyl (C=O) groups excluding carboxylic acids is 1. The van der Waals surface area contributed by atoms with E-state index >= 15 is 0 Å². The van der Waals surface area contributed by atoms with E-state index in [1.54, 1.807) is 6.26 Å². The molecule has 4 heterocycles. The fourth-order valence-corrected chi connectivity index (χ4v) is 5.07. The zero-order valence-electron chi connectivity index (χ0n) is 17.4. The van der Waals surface area contributed by atoms with E-state index in [0.29, 0.717) is 6.42 Å². The second-order valence-electron chi connectivity index (χ2n) is 8.53. The molecule has 4 rings (SSSR count). The number of hydrogen-bond acceptors (Lipinski definition) is 4. The summed E-state index contributed by atoms with van der Waals surface area (Å²) in [5, 5.41) is 6.64. The highest BCUT2D eigenvalue weighted by molar-refractivity contribution is 14.0. The standard InChI is InChI=1S/C21H33N5O2.HI/c1-22-20(26-11-6-8-21(16-26)13-19(27)24-15-21)23-14-17(18-7-5-12-28-18)25-9-3-2-4-10-25;/h5,7,12,17H,2-4,6,8-11,13-16H2,1H3,(H,22,23)(H,24,27);1H. The van der Waals surface area contributed by atoms with Crippen LogP contribution < -0.4 is 10.6 Å². The van der Waals surface area contributed by atoms with Gasteiger partial charge >= 0.3 is 0 Å². The largest absolute Gasteiger partial charge is 0.468 e. The molecule has 29 heavy (non-hydrogen) atoms. The highest BCUT2D eigenvalue weighted by Gasteiger charge is 2.42. The van der Waals surface area contributed by atoms with Crippen LogP contribution in [0, 0.1) is 5.41 Å². The smallest absolute Gasteiger partial charge is 0.220 e. The van der Waals surface area contributed by atoms with Crippen molar-refractivity contribution in [3.05, 3.63) is 24.2 Å². The first kappa shape index (κ1) is 22.4. The molecule has 0 saturated carbocycles. The monoisotopic (exact) mass is 515 g/mol. The average Bonchev–Trinajstić information content (AvgIpc) is 3.36. The van der Waals surface area contributed by atoms with Crippen LogP contribution in [0.1, 0.15) is 50.3 Å². The Morgan fingerprint density at radius 3 is 2.79 bits per heavy atom. The Labute approximate surface area is 190 Å². The maximum Gasteiger partial charge on any atom is 0.220 e. The molecule has 1 spiro atoms. The van der Waals surface area contributed by atoms with E-state index in [1.807, 2.05) is 13.1 Å². The van der Waals surface area contributed by atoms with Gasteiger partial charge in [0, 0.05) is 45.1 Å². The number of rotatable bonds is 4. The first-order chi connectivity index (χ1) is 13.7. The van der Waals surface area contributed by atoms with Gasteiger partial charge in [-0.2, -0.15) is 0 Å². The van der Waals surface area contributed by atoms with E-state index in [9.17, 15) is 4.79 Å². The van der Waals surface area contributed by atoms with Gasteiger partial charge in [0.05, 0.1) is 12.3 Å². The lowest BCUT2D eigenvalue weighted by Gasteiger charge is -2.41. The lowest BCUT2D eigenvalue weighted by atomic mass is 9.79. The van der Waals surface area contributed by atoms with Crippen LogP contribution in [0.4, 0.5) is 0 Å². The Morgan fingerprint density at radius 1 is 1.31 bits per heavy atom. The zero-order chi connectivity index (χ0) is 19.4. The van der Waals surface area contributed by atoms with Gasteiger partial charge in [-0.25, -0.2) is 0 Å². The third-order valence-corrected chi connectivity index (χ3v) is 6.53. The second kappa shape index (κ2) is 10.1. The minimum atomic E-state index is 0. The van der Waals surface area contributed by atoms with Gasteiger partial charge in [-0.15, -0.1) is 24.0 Å². The SMILES string of the molecule is CN=C(NCC(c1ccco1)N1CCCCC1)N1CCCC2(CNC(=O)C2)C1.I. The first-order valence-corrected chi connectivity index (χ1v) is 10.7. The van der Waals surface area contributed by atoms with Gasteiger partial charge in [-0.3, -0.25) is 14.7 Å². The number of furan rings is 1. The Hall–Kier alpha value is -1.29. The number of hydrogen-bond donors (Lipinski definition) is 2.